The molecular formula is C15H11NO2. The molecule has 0 aliphatic rings. The smallest absolute Gasteiger partial charge is 0.262 e. The summed E-state index contributed by atoms with van der Waals surface area (Å²) in [6.07, 6.45) is 0. The second-order valence-electron chi connectivity index (χ2n) is 3.74. The molecule has 88 valence electrons. The number of benzene rings is 2. The first-order valence-corrected chi connectivity index (χ1v) is 5.51. The van der Waals surface area contributed by atoms with Crippen molar-refractivity contribution in [3.8, 4) is 11.8 Å². The third kappa shape index (κ3) is 2.96. The van der Waals surface area contributed by atoms with E-state index in [1.807, 2.05) is 30.3 Å². The Hall–Kier alpha value is -2.60. The van der Waals surface area contributed by atoms with E-state index >= 15 is 0 Å². The van der Waals surface area contributed by atoms with Crippen LogP contribution in [0.5, 0.6) is 5.75 Å². The van der Waals surface area contributed by atoms with Gasteiger partial charge in [-0.1, -0.05) is 42.5 Å². The average Bonchev–Trinajstić information content (AvgIpc) is 2.45. The van der Waals surface area contributed by atoms with Crippen LogP contribution in [0.4, 0.5) is 0 Å². The maximum atomic E-state index is 11.2. The van der Waals surface area contributed by atoms with Crippen LogP contribution >= 0.6 is 0 Å². The molecule has 2 aromatic carbocycles. The third-order valence-corrected chi connectivity index (χ3v) is 2.45. The fourth-order valence-corrected chi connectivity index (χ4v) is 1.53. The molecule has 0 aromatic heterocycles. The van der Waals surface area contributed by atoms with Crippen molar-refractivity contribution in [3.05, 3.63) is 65.7 Å². The van der Waals surface area contributed by atoms with E-state index in [1.54, 1.807) is 30.3 Å². The molecule has 2 rings (SSSR count). The van der Waals surface area contributed by atoms with Gasteiger partial charge in [0.05, 0.1) is 0 Å². The topological polar surface area (TPSA) is 50.1 Å². The van der Waals surface area contributed by atoms with E-state index in [2.05, 4.69) is 0 Å². The zero-order chi connectivity index (χ0) is 12.8. The summed E-state index contributed by atoms with van der Waals surface area (Å²) in [4.78, 5) is 11.2. The Morgan fingerprint density at radius 2 is 1.89 bits per heavy atom. The van der Waals surface area contributed by atoms with E-state index in [0.717, 1.165) is 5.56 Å². The van der Waals surface area contributed by atoms with Crippen molar-refractivity contribution < 1.29 is 9.53 Å². The molecule has 0 bridgehead atoms. The lowest BCUT2D eigenvalue weighted by Crippen LogP contribution is -1.98. The number of ether oxygens (including phenoxy) is 1. The van der Waals surface area contributed by atoms with Gasteiger partial charge in [-0.3, -0.25) is 4.79 Å². The third-order valence-electron chi connectivity index (χ3n) is 2.45. The minimum atomic E-state index is -0.555. The standard InChI is InChI=1S/C15H11NO2/c16-10-15(17)13-7-4-8-14(9-13)18-11-12-5-2-1-3-6-12/h1-9H,11H2. The van der Waals surface area contributed by atoms with Crippen molar-refractivity contribution in [2.75, 3.05) is 0 Å². The lowest BCUT2D eigenvalue weighted by molar-refractivity contribution is 0.105. The average molecular weight is 237 g/mol. The zero-order valence-corrected chi connectivity index (χ0v) is 9.67. The number of rotatable bonds is 4. The Labute approximate surface area is 105 Å². The van der Waals surface area contributed by atoms with Crippen LogP contribution in [0.2, 0.25) is 0 Å². The minimum Gasteiger partial charge on any atom is -0.489 e. The number of nitriles is 1. The lowest BCUT2D eigenvalue weighted by Gasteiger charge is -2.06. The van der Waals surface area contributed by atoms with Gasteiger partial charge in [-0.2, -0.15) is 5.26 Å². The summed E-state index contributed by atoms with van der Waals surface area (Å²) in [7, 11) is 0. The van der Waals surface area contributed by atoms with Crippen molar-refractivity contribution in [1.29, 1.82) is 5.26 Å². The van der Waals surface area contributed by atoms with Crippen LogP contribution in [0.1, 0.15) is 15.9 Å². The molecule has 0 radical (unpaired) electrons. The molecule has 0 unspecified atom stereocenters. The van der Waals surface area contributed by atoms with Crippen LogP contribution in [0, 0.1) is 11.3 Å². The van der Waals surface area contributed by atoms with Crippen LogP contribution in [-0.2, 0) is 6.61 Å². The van der Waals surface area contributed by atoms with Crippen LogP contribution in [0.3, 0.4) is 0 Å². The fraction of sp³-hybridized carbons (Fsp3) is 0.0667. The SMILES string of the molecule is N#CC(=O)c1cccc(OCc2ccccc2)c1. The first-order chi connectivity index (χ1) is 8.79. The zero-order valence-electron chi connectivity index (χ0n) is 9.67. The molecule has 0 spiro atoms. The van der Waals surface area contributed by atoms with Crippen molar-refractivity contribution in [2.24, 2.45) is 0 Å². The van der Waals surface area contributed by atoms with Gasteiger partial charge in [0.1, 0.15) is 18.4 Å². The predicted molar refractivity (Wildman–Crippen MR) is 67.2 cm³/mol. The van der Waals surface area contributed by atoms with Crippen LogP contribution in [-0.4, -0.2) is 5.78 Å². The van der Waals surface area contributed by atoms with Gasteiger partial charge in [-0.25, -0.2) is 0 Å². The molecule has 0 saturated carbocycles. The Morgan fingerprint density at radius 3 is 2.61 bits per heavy atom. The van der Waals surface area contributed by atoms with Gasteiger partial charge in [0.2, 0.25) is 0 Å². The number of hydrogen-bond acceptors (Lipinski definition) is 3. The number of ketones is 1. The summed E-state index contributed by atoms with van der Waals surface area (Å²) >= 11 is 0. The molecule has 0 N–H and O–H groups in total. The highest BCUT2D eigenvalue weighted by atomic mass is 16.5. The van der Waals surface area contributed by atoms with Gasteiger partial charge >= 0.3 is 0 Å². The summed E-state index contributed by atoms with van der Waals surface area (Å²) in [6, 6.07) is 18.0. The van der Waals surface area contributed by atoms with Gasteiger partial charge in [0.15, 0.2) is 0 Å². The van der Waals surface area contributed by atoms with Crippen molar-refractivity contribution >= 4 is 5.78 Å². The van der Waals surface area contributed by atoms with E-state index in [1.165, 1.54) is 0 Å². The number of carbonyl (C=O) groups is 1. The van der Waals surface area contributed by atoms with E-state index in [-0.39, 0.29) is 0 Å². The van der Waals surface area contributed by atoms with E-state index in [4.69, 9.17) is 10.00 Å². The fourth-order valence-electron chi connectivity index (χ4n) is 1.53. The number of Topliss-reactive ketones (excluding diaryl/α,β-unsaturated/α-hetero) is 1. The molecule has 2 aromatic rings. The number of nitrogens with zero attached hydrogens (tertiary/aromatic N) is 1. The molecule has 0 saturated heterocycles. The Kier molecular flexibility index (Phi) is 3.72. The Morgan fingerprint density at radius 1 is 1.11 bits per heavy atom. The van der Waals surface area contributed by atoms with Crippen molar-refractivity contribution in [2.45, 2.75) is 6.61 Å². The molecule has 3 nitrogen and oxygen atoms in total. The molecule has 0 amide bonds. The molecule has 0 atom stereocenters. The summed E-state index contributed by atoms with van der Waals surface area (Å²) in [5.41, 5.74) is 1.40. The highest BCUT2D eigenvalue weighted by Crippen LogP contribution is 2.15. The van der Waals surface area contributed by atoms with Crippen molar-refractivity contribution in [1.82, 2.24) is 0 Å². The molecule has 0 aliphatic heterocycles. The summed E-state index contributed by atoms with van der Waals surface area (Å²) in [5, 5.41) is 8.55. The molecule has 0 fully saturated rings. The molecule has 18 heavy (non-hydrogen) atoms. The second-order valence-corrected chi connectivity index (χ2v) is 3.74. The molecular weight excluding hydrogens is 226 g/mol. The van der Waals surface area contributed by atoms with E-state index in [0.29, 0.717) is 17.9 Å². The van der Waals surface area contributed by atoms with Gasteiger partial charge in [-0.05, 0) is 17.7 Å². The first kappa shape index (κ1) is 11.9. The van der Waals surface area contributed by atoms with Crippen LogP contribution in [0.15, 0.2) is 54.6 Å². The summed E-state index contributed by atoms with van der Waals surface area (Å²) < 4.78 is 5.57. The van der Waals surface area contributed by atoms with Crippen LogP contribution in [0.25, 0.3) is 0 Å². The largest absolute Gasteiger partial charge is 0.489 e. The predicted octanol–water partition coefficient (Wildman–Crippen LogP) is 2.97. The van der Waals surface area contributed by atoms with Gasteiger partial charge in [0.25, 0.3) is 5.78 Å². The van der Waals surface area contributed by atoms with Gasteiger partial charge in [0, 0.05) is 5.56 Å². The number of hydrogen-bond donors (Lipinski definition) is 0. The quantitative estimate of drug-likeness (QED) is 0.606. The maximum absolute atomic E-state index is 11.2. The highest BCUT2D eigenvalue weighted by molar-refractivity contribution is 6.07. The second kappa shape index (κ2) is 5.65. The maximum Gasteiger partial charge on any atom is 0.262 e. The monoisotopic (exact) mass is 237 g/mol. The molecule has 3 heteroatoms. The first-order valence-electron chi connectivity index (χ1n) is 5.51. The van der Waals surface area contributed by atoms with Crippen molar-refractivity contribution in [3.63, 3.8) is 0 Å². The van der Waals surface area contributed by atoms with Crippen LogP contribution < -0.4 is 4.74 Å². The van der Waals surface area contributed by atoms with Gasteiger partial charge < -0.3 is 4.74 Å². The minimum absolute atomic E-state index is 0.350. The summed E-state index contributed by atoms with van der Waals surface area (Å²) in [5.74, 6) is 0.0279. The Balaban J connectivity index is 2.07. The molecule has 0 heterocycles. The Bertz CT molecular complexity index is 585. The normalized spacial score (nSPS) is 9.50. The molecule has 0 aliphatic carbocycles. The van der Waals surface area contributed by atoms with E-state index in [9.17, 15) is 4.79 Å². The summed E-state index contributed by atoms with van der Waals surface area (Å²) in [6.45, 7) is 0.436. The highest BCUT2D eigenvalue weighted by Gasteiger charge is 2.05. The van der Waals surface area contributed by atoms with Gasteiger partial charge in [-0.15, -0.1) is 0 Å². The lowest BCUT2D eigenvalue weighted by atomic mass is 10.1. The van der Waals surface area contributed by atoms with E-state index < -0.39 is 5.78 Å². The number of carbonyl (C=O) groups excluding carboxylic acids is 1.